The van der Waals surface area contributed by atoms with Crippen LogP contribution in [0.2, 0.25) is 0 Å². The van der Waals surface area contributed by atoms with Crippen molar-refractivity contribution in [2.75, 3.05) is 5.32 Å². The molecule has 2 rings (SSSR count). The zero-order valence-corrected chi connectivity index (χ0v) is 12.5. The summed E-state index contributed by atoms with van der Waals surface area (Å²) in [5, 5.41) is 8.35. The van der Waals surface area contributed by atoms with E-state index < -0.39 is 0 Å². The minimum atomic E-state index is -0.0577. The molecule has 20 heavy (non-hydrogen) atoms. The molecule has 0 fully saturated rings. The molecule has 3 nitrogen and oxygen atoms in total. The van der Waals surface area contributed by atoms with Crippen molar-refractivity contribution in [1.82, 2.24) is 5.32 Å². The van der Waals surface area contributed by atoms with Crippen molar-refractivity contribution in [1.29, 1.82) is 0 Å². The van der Waals surface area contributed by atoms with Gasteiger partial charge in [0.05, 0.1) is 0 Å². The highest BCUT2D eigenvalue weighted by Gasteiger charge is 2.08. The highest BCUT2D eigenvalue weighted by Crippen LogP contribution is 2.22. The second kappa shape index (κ2) is 6.48. The van der Waals surface area contributed by atoms with Gasteiger partial charge >= 0.3 is 0 Å². The van der Waals surface area contributed by atoms with Gasteiger partial charge in [-0.3, -0.25) is 4.79 Å². The standard InChI is InChI=1S/C16H18N2OS/c1-11(2)10-15(19)18-16(20)17-14-9-5-7-12-6-3-4-8-13(12)14/h3-9,11H,10H2,1-2H3,(H2,17,18,19,20). The summed E-state index contributed by atoms with van der Waals surface area (Å²) in [5.41, 5.74) is 0.901. The number of anilines is 1. The molecule has 4 heteroatoms. The number of thiocarbonyl (C=S) groups is 1. The number of benzene rings is 2. The second-order valence-corrected chi connectivity index (χ2v) is 5.54. The smallest absolute Gasteiger partial charge is 0.226 e. The molecule has 0 atom stereocenters. The maximum absolute atomic E-state index is 11.7. The molecular formula is C16H18N2OS. The number of hydrogen-bond acceptors (Lipinski definition) is 2. The van der Waals surface area contributed by atoms with Gasteiger partial charge in [0.2, 0.25) is 5.91 Å². The predicted octanol–water partition coefficient (Wildman–Crippen LogP) is 3.70. The van der Waals surface area contributed by atoms with Crippen LogP contribution in [0.4, 0.5) is 5.69 Å². The Labute approximate surface area is 124 Å². The number of rotatable bonds is 3. The van der Waals surface area contributed by atoms with E-state index in [4.69, 9.17) is 12.2 Å². The Morgan fingerprint density at radius 1 is 1.15 bits per heavy atom. The Bertz CT molecular complexity index is 632. The highest BCUT2D eigenvalue weighted by atomic mass is 32.1. The van der Waals surface area contributed by atoms with Crippen LogP contribution in [0.25, 0.3) is 10.8 Å². The number of amides is 1. The summed E-state index contributed by atoms with van der Waals surface area (Å²) in [6.45, 7) is 4.00. The Morgan fingerprint density at radius 3 is 2.60 bits per heavy atom. The summed E-state index contributed by atoms with van der Waals surface area (Å²) in [5.74, 6) is 0.257. The summed E-state index contributed by atoms with van der Waals surface area (Å²) in [7, 11) is 0. The van der Waals surface area contributed by atoms with E-state index in [1.807, 2.05) is 56.3 Å². The molecule has 0 radical (unpaired) electrons. The van der Waals surface area contributed by atoms with Crippen molar-refractivity contribution >= 4 is 39.7 Å². The highest BCUT2D eigenvalue weighted by molar-refractivity contribution is 7.80. The molecule has 2 aromatic rings. The zero-order chi connectivity index (χ0) is 14.5. The van der Waals surface area contributed by atoms with Crippen molar-refractivity contribution in [3.8, 4) is 0 Å². The van der Waals surface area contributed by atoms with Gasteiger partial charge in [0, 0.05) is 17.5 Å². The maximum atomic E-state index is 11.7. The van der Waals surface area contributed by atoms with Crippen LogP contribution in [0.3, 0.4) is 0 Å². The molecule has 2 N–H and O–H groups in total. The van der Waals surface area contributed by atoms with Gasteiger partial charge in [0.1, 0.15) is 0 Å². The number of fused-ring (bicyclic) bond motifs is 1. The fraction of sp³-hybridized carbons (Fsp3) is 0.250. The first-order valence-corrected chi connectivity index (χ1v) is 7.05. The van der Waals surface area contributed by atoms with Crippen LogP contribution in [-0.4, -0.2) is 11.0 Å². The van der Waals surface area contributed by atoms with Crippen LogP contribution in [0, 0.1) is 5.92 Å². The Balaban J connectivity index is 2.08. The molecule has 0 aliphatic rings. The van der Waals surface area contributed by atoms with Crippen molar-refractivity contribution in [2.24, 2.45) is 5.92 Å². The van der Waals surface area contributed by atoms with Gasteiger partial charge in [-0.25, -0.2) is 0 Å². The van der Waals surface area contributed by atoms with Crippen molar-refractivity contribution in [3.63, 3.8) is 0 Å². The lowest BCUT2D eigenvalue weighted by Gasteiger charge is -2.12. The van der Waals surface area contributed by atoms with Crippen LogP contribution in [-0.2, 0) is 4.79 Å². The van der Waals surface area contributed by atoms with Gasteiger partial charge in [-0.1, -0.05) is 50.2 Å². The van der Waals surface area contributed by atoms with E-state index in [1.165, 1.54) is 0 Å². The number of nitrogens with one attached hydrogen (secondary N) is 2. The minimum absolute atomic E-state index is 0.0577. The summed E-state index contributed by atoms with van der Waals surface area (Å²) in [4.78, 5) is 11.7. The van der Waals surface area contributed by atoms with Crippen LogP contribution < -0.4 is 10.6 Å². The topological polar surface area (TPSA) is 41.1 Å². The van der Waals surface area contributed by atoms with E-state index in [0.29, 0.717) is 17.5 Å². The quantitative estimate of drug-likeness (QED) is 0.845. The molecule has 0 unspecified atom stereocenters. The first-order valence-electron chi connectivity index (χ1n) is 6.65. The summed E-state index contributed by atoms with van der Waals surface area (Å²) in [6, 6.07) is 14.0. The molecule has 0 saturated carbocycles. The lowest BCUT2D eigenvalue weighted by molar-refractivity contribution is -0.120. The molecule has 0 bridgehead atoms. The van der Waals surface area contributed by atoms with E-state index in [1.54, 1.807) is 0 Å². The number of carbonyl (C=O) groups excluding carboxylic acids is 1. The first-order chi connectivity index (χ1) is 9.56. The predicted molar refractivity (Wildman–Crippen MR) is 87.8 cm³/mol. The van der Waals surface area contributed by atoms with Crippen LogP contribution in [0.15, 0.2) is 42.5 Å². The molecule has 0 aliphatic carbocycles. The van der Waals surface area contributed by atoms with Gasteiger partial charge in [0.25, 0.3) is 0 Å². The van der Waals surface area contributed by atoms with Crippen molar-refractivity contribution in [3.05, 3.63) is 42.5 Å². The molecule has 0 aromatic heterocycles. The number of hydrogen-bond donors (Lipinski definition) is 2. The fourth-order valence-corrected chi connectivity index (χ4v) is 2.26. The summed E-state index contributed by atoms with van der Waals surface area (Å²) >= 11 is 5.18. The average molecular weight is 286 g/mol. The van der Waals surface area contributed by atoms with E-state index in [0.717, 1.165) is 16.5 Å². The van der Waals surface area contributed by atoms with Crippen LogP contribution in [0.5, 0.6) is 0 Å². The third kappa shape index (κ3) is 3.78. The van der Waals surface area contributed by atoms with Crippen LogP contribution in [0.1, 0.15) is 20.3 Å². The largest absolute Gasteiger partial charge is 0.332 e. The fourth-order valence-electron chi connectivity index (χ4n) is 2.04. The Morgan fingerprint density at radius 2 is 1.85 bits per heavy atom. The normalized spacial score (nSPS) is 10.6. The summed E-state index contributed by atoms with van der Waals surface area (Å²) in [6.07, 6.45) is 0.470. The van der Waals surface area contributed by atoms with Gasteiger partial charge in [-0.15, -0.1) is 0 Å². The van der Waals surface area contributed by atoms with Crippen molar-refractivity contribution in [2.45, 2.75) is 20.3 Å². The SMILES string of the molecule is CC(C)CC(=O)NC(=S)Nc1cccc2ccccc12. The molecule has 0 aliphatic heterocycles. The van der Waals surface area contributed by atoms with Gasteiger partial charge in [-0.05, 0) is 29.6 Å². The molecule has 0 heterocycles. The van der Waals surface area contributed by atoms with Crippen LogP contribution >= 0.6 is 12.2 Å². The molecule has 0 spiro atoms. The van der Waals surface area contributed by atoms with E-state index >= 15 is 0 Å². The monoisotopic (exact) mass is 286 g/mol. The molecule has 1 amide bonds. The van der Waals surface area contributed by atoms with Gasteiger partial charge in [0.15, 0.2) is 5.11 Å². The Kier molecular flexibility index (Phi) is 4.69. The van der Waals surface area contributed by atoms with E-state index in [9.17, 15) is 4.79 Å². The zero-order valence-electron chi connectivity index (χ0n) is 11.6. The Hall–Kier alpha value is -1.94. The lowest BCUT2D eigenvalue weighted by Crippen LogP contribution is -2.34. The molecule has 2 aromatic carbocycles. The molecular weight excluding hydrogens is 268 g/mol. The summed E-state index contributed by atoms with van der Waals surface area (Å²) < 4.78 is 0. The maximum Gasteiger partial charge on any atom is 0.226 e. The average Bonchev–Trinajstić information content (AvgIpc) is 2.38. The third-order valence-corrected chi connectivity index (χ3v) is 3.09. The minimum Gasteiger partial charge on any atom is -0.332 e. The van der Waals surface area contributed by atoms with Gasteiger partial charge < -0.3 is 10.6 Å². The first kappa shape index (κ1) is 14.5. The second-order valence-electron chi connectivity index (χ2n) is 5.13. The molecule has 104 valence electrons. The number of carbonyl (C=O) groups is 1. The third-order valence-electron chi connectivity index (χ3n) is 2.88. The molecule has 0 saturated heterocycles. The van der Waals surface area contributed by atoms with E-state index in [2.05, 4.69) is 10.6 Å². The van der Waals surface area contributed by atoms with E-state index in [-0.39, 0.29) is 5.91 Å². The lowest BCUT2D eigenvalue weighted by atomic mass is 10.1. The van der Waals surface area contributed by atoms with Gasteiger partial charge in [-0.2, -0.15) is 0 Å². The van der Waals surface area contributed by atoms with Crippen molar-refractivity contribution < 1.29 is 4.79 Å².